The van der Waals surface area contributed by atoms with Crippen molar-refractivity contribution in [3.8, 4) is 11.5 Å². The fourth-order valence-corrected chi connectivity index (χ4v) is 3.61. The SMILES string of the molecule is COc1ccc(CCC(=O)N2CCCN(Cc3ccc(OC(F)F)cc3)CC2)cc1. The van der Waals surface area contributed by atoms with Gasteiger partial charge in [-0.3, -0.25) is 9.69 Å². The van der Waals surface area contributed by atoms with E-state index in [4.69, 9.17) is 4.74 Å². The number of alkyl halides is 2. The normalized spacial score (nSPS) is 15.1. The third-order valence-electron chi connectivity index (χ3n) is 5.28. The average Bonchev–Trinajstić information content (AvgIpc) is 2.99. The molecule has 1 fully saturated rings. The first-order valence-electron chi connectivity index (χ1n) is 10.2. The fourth-order valence-electron chi connectivity index (χ4n) is 3.61. The highest BCUT2D eigenvalue weighted by atomic mass is 19.3. The van der Waals surface area contributed by atoms with Gasteiger partial charge in [0, 0.05) is 39.1 Å². The van der Waals surface area contributed by atoms with Crippen LogP contribution in [0, 0.1) is 0 Å². The summed E-state index contributed by atoms with van der Waals surface area (Å²) in [6.07, 6.45) is 2.13. The van der Waals surface area contributed by atoms with Crippen LogP contribution in [0.3, 0.4) is 0 Å². The Hall–Kier alpha value is -2.67. The van der Waals surface area contributed by atoms with Gasteiger partial charge in [-0.15, -0.1) is 0 Å². The van der Waals surface area contributed by atoms with Gasteiger partial charge in [0.1, 0.15) is 11.5 Å². The quantitative estimate of drug-likeness (QED) is 0.651. The van der Waals surface area contributed by atoms with Crippen molar-refractivity contribution in [3.05, 3.63) is 59.7 Å². The van der Waals surface area contributed by atoms with E-state index in [1.54, 1.807) is 31.4 Å². The van der Waals surface area contributed by atoms with E-state index >= 15 is 0 Å². The van der Waals surface area contributed by atoms with Gasteiger partial charge in [-0.25, -0.2) is 0 Å². The molecule has 0 saturated carbocycles. The van der Waals surface area contributed by atoms with Crippen LogP contribution in [0.5, 0.6) is 11.5 Å². The number of carbonyl (C=O) groups excluding carboxylic acids is 1. The van der Waals surface area contributed by atoms with E-state index in [9.17, 15) is 13.6 Å². The Kier molecular flexibility index (Phi) is 8.02. The van der Waals surface area contributed by atoms with E-state index in [1.165, 1.54) is 0 Å². The molecule has 0 bridgehead atoms. The zero-order valence-corrected chi connectivity index (χ0v) is 17.2. The third kappa shape index (κ3) is 6.69. The monoisotopic (exact) mass is 418 g/mol. The lowest BCUT2D eigenvalue weighted by atomic mass is 10.1. The highest BCUT2D eigenvalue weighted by molar-refractivity contribution is 5.76. The number of ether oxygens (including phenoxy) is 2. The molecular formula is C23H28F2N2O3. The third-order valence-corrected chi connectivity index (χ3v) is 5.28. The van der Waals surface area contributed by atoms with Crippen molar-refractivity contribution < 1.29 is 23.0 Å². The van der Waals surface area contributed by atoms with Gasteiger partial charge in [0.05, 0.1) is 7.11 Å². The largest absolute Gasteiger partial charge is 0.497 e. The number of rotatable bonds is 8. The van der Waals surface area contributed by atoms with Crippen LogP contribution in [0.15, 0.2) is 48.5 Å². The molecule has 0 N–H and O–H groups in total. The molecule has 0 unspecified atom stereocenters. The summed E-state index contributed by atoms with van der Waals surface area (Å²) in [5.41, 5.74) is 2.16. The Morgan fingerprint density at radius 3 is 2.27 bits per heavy atom. The summed E-state index contributed by atoms with van der Waals surface area (Å²) in [5.74, 6) is 1.16. The van der Waals surface area contributed by atoms with Crippen LogP contribution < -0.4 is 9.47 Å². The second-order valence-electron chi connectivity index (χ2n) is 7.38. The van der Waals surface area contributed by atoms with E-state index in [0.29, 0.717) is 13.0 Å². The summed E-state index contributed by atoms with van der Waals surface area (Å²) in [7, 11) is 1.64. The molecule has 1 aliphatic heterocycles. The van der Waals surface area contributed by atoms with E-state index in [-0.39, 0.29) is 11.7 Å². The molecule has 1 heterocycles. The summed E-state index contributed by atoms with van der Waals surface area (Å²) in [4.78, 5) is 16.9. The summed E-state index contributed by atoms with van der Waals surface area (Å²) in [5, 5.41) is 0. The highest BCUT2D eigenvalue weighted by Gasteiger charge is 2.19. The first-order valence-corrected chi connectivity index (χ1v) is 10.2. The Bertz CT molecular complexity index is 797. The number of aryl methyl sites for hydroxylation is 1. The first-order chi connectivity index (χ1) is 14.5. The van der Waals surface area contributed by atoms with Gasteiger partial charge in [-0.2, -0.15) is 8.78 Å². The Labute approximate surface area is 176 Å². The van der Waals surface area contributed by atoms with Gasteiger partial charge < -0.3 is 14.4 Å². The molecule has 162 valence electrons. The molecular weight excluding hydrogens is 390 g/mol. The van der Waals surface area contributed by atoms with Crippen LogP contribution in [0.4, 0.5) is 8.78 Å². The molecule has 3 rings (SSSR count). The summed E-state index contributed by atoms with van der Waals surface area (Å²) < 4.78 is 34.1. The standard InChI is InChI=1S/C23H28F2N2O3/c1-29-20-8-3-18(4-9-20)7-12-22(28)27-14-2-13-26(15-16-27)17-19-5-10-21(11-6-19)30-23(24)25/h3-6,8-11,23H,2,7,12-17H2,1H3. The van der Waals surface area contributed by atoms with Gasteiger partial charge in [0.15, 0.2) is 0 Å². The number of halogens is 2. The number of carbonyl (C=O) groups is 1. The van der Waals surface area contributed by atoms with Gasteiger partial charge in [-0.1, -0.05) is 24.3 Å². The highest BCUT2D eigenvalue weighted by Crippen LogP contribution is 2.17. The van der Waals surface area contributed by atoms with Gasteiger partial charge in [0.2, 0.25) is 5.91 Å². The molecule has 30 heavy (non-hydrogen) atoms. The number of methoxy groups -OCH3 is 1. The zero-order chi connectivity index (χ0) is 21.3. The maximum Gasteiger partial charge on any atom is 0.387 e. The maximum absolute atomic E-state index is 12.6. The molecule has 5 nitrogen and oxygen atoms in total. The summed E-state index contributed by atoms with van der Waals surface area (Å²) >= 11 is 0. The minimum atomic E-state index is -2.81. The Balaban J connectivity index is 1.45. The molecule has 1 amide bonds. The van der Waals surface area contributed by atoms with Crippen molar-refractivity contribution in [2.24, 2.45) is 0 Å². The minimum absolute atomic E-state index is 0.165. The molecule has 0 spiro atoms. The van der Waals surface area contributed by atoms with Crippen molar-refractivity contribution in [2.45, 2.75) is 32.4 Å². The lowest BCUT2D eigenvalue weighted by molar-refractivity contribution is -0.131. The Morgan fingerprint density at radius 2 is 1.60 bits per heavy atom. The van der Waals surface area contributed by atoms with E-state index in [0.717, 1.165) is 55.9 Å². The average molecular weight is 418 g/mol. The van der Waals surface area contributed by atoms with Crippen molar-refractivity contribution in [2.75, 3.05) is 33.3 Å². The van der Waals surface area contributed by atoms with Crippen LogP contribution in [0.1, 0.15) is 24.0 Å². The molecule has 0 aliphatic carbocycles. The number of benzene rings is 2. The van der Waals surface area contributed by atoms with Gasteiger partial charge >= 0.3 is 6.61 Å². The lowest BCUT2D eigenvalue weighted by Gasteiger charge is -2.22. The maximum atomic E-state index is 12.6. The smallest absolute Gasteiger partial charge is 0.387 e. The predicted octanol–water partition coefficient (Wildman–Crippen LogP) is 3.96. The van der Waals surface area contributed by atoms with Crippen LogP contribution in [-0.4, -0.2) is 55.6 Å². The minimum Gasteiger partial charge on any atom is -0.497 e. The van der Waals surface area contributed by atoms with Gasteiger partial charge in [0.25, 0.3) is 0 Å². The van der Waals surface area contributed by atoms with Crippen molar-refractivity contribution in [1.29, 1.82) is 0 Å². The molecule has 0 radical (unpaired) electrons. The molecule has 7 heteroatoms. The molecule has 2 aromatic carbocycles. The number of nitrogens with zero attached hydrogens (tertiary/aromatic N) is 2. The van der Waals surface area contributed by atoms with Crippen LogP contribution >= 0.6 is 0 Å². The van der Waals surface area contributed by atoms with E-state index in [1.807, 2.05) is 29.2 Å². The van der Waals surface area contributed by atoms with Crippen LogP contribution in [-0.2, 0) is 17.8 Å². The Morgan fingerprint density at radius 1 is 0.933 bits per heavy atom. The summed E-state index contributed by atoms with van der Waals surface area (Å²) in [6.45, 7) is 1.08. The van der Waals surface area contributed by atoms with Crippen molar-refractivity contribution >= 4 is 5.91 Å². The second kappa shape index (κ2) is 10.9. The van der Waals surface area contributed by atoms with Crippen LogP contribution in [0.2, 0.25) is 0 Å². The second-order valence-corrected chi connectivity index (χ2v) is 7.38. The number of amides is 1. The molecule has 2 aromatic rings. The molecule has 0 aromatic heterocycles. The molecule has 0 atom stereocenters. The lowest BCUT2D eigenvalue weighted by Crippen LogP contribution is -2.35. The van der Waals surface area contributed by atoms with Crippen molar-refractivity contribution in [3.63, 3.8) is 0 Å². The predicted molar refractivity (Wildman–Crippen MR) is 111 cm³/mol. The first kappa shape index (κ1) is 22.0. The number of hydrogen-bond donors (Lipinski definition) is 0. The summed E-state index contributed by atoms with van der Waals surface area (Å²) in [6, 6.07) is 14.6. The van der Waals surface area contributed by atoms with E-state index < -0.39 is 6.61 Å². The molecule has 1 saturated heterocycles. The fraction of sp³-hybridized carbons (Fsp3) is 0.435. The van der Waals surface area contributed by atoms with Crippen LogP contribution in [0.25, 0.3) is 0 Å². The van der Waals surface area contributed by atoms with Crippen molar-refractivity contribution in [1.82, 2.24) is 9.80 Å². The topological polar surface area (TPSA) is 42.0 Å². The van der Waals surface area contributed by atoms with E-state index in [2.05, 4.69) is 9.64 Å². The number of hydrogen-bond acceptors (Lipinski definition) is 4. The molecule has 1 aliphatic rings. The zero-order valence-electron chi connectivity index (χ0n) is 17.2. The van der Waals surface area contributed by atoms with Gasteiger partial charge in [-0.05, 0) is 48.2 Å².